The van der Waals surface area contributed by atoms with Crippen LogP contribution < -0.4 is 10.0 Å². The lowest BCUT2D eigenvalue weighted by molar-refractivity contribution is 0.257. The number of nitrogens with zero attached hydrogens (tertiary/aromatic N) is 1. The number of carbonyl (C=O) groups excluding carboxylic acids is 1. The highest BCUT2D eigenvalue weighted by atomic mass is 32.1. The normalized spacial score (nSPS) is 10.5. The zero-order chi connectivity index (χ0) is 11.0. The van der Waals surface area contributed by atoms with Gasteiger partial charge in [0.1, 0.15) is 11.4 Å². The van der Waals surface area contributed by atoms with Gasteiger partial charge in [-0.25, -0.2) is 9.10 Å². The van der Waals surface area contributed by atoms with E-state index in [4.69, 9.17) is 10.2 Å². The molecule has 0 spiro atoms. The highest BCUT2D eigenvalue weighted by molar-refractivity contribution is 7.82. The van der Waals surface area contributed by atoms with Gasteiger partial charge in [-0.15, -0.1) is 0 Å². The lowest BCUT2D eigenvalue weighted by atomic mass is 10.2. The first-order valence-corrected chi connectivity index (χ1v) is 4.77. The van der Waals surface area contributed by atoms with Crippen LogP contribution in [0.1, 0.15) is 5.76 Å². The van der Waals surface area contributed by atoms with Crippen LogP contribution in [0.15, 0.2) is 28.7 Å². The Morgan fingerprint density at radius 1 is 1.53 bits per heavy atom. The molecule has 4 nitrogen and oxygen atoms in total. The molecule has 1 aromatic carbocycles. The molecule has 2 aromatic rings. The van der Waals surface area contributed by atoms with Gasteiger partial charge < -0.3 is 10.2 Å². The number of amides is 2. The molecule has 2 rings (SSSR count). The molecule has 0 saturated carbocycles. The Morgan fingerprint density at radius 2 is 2.27 bits per heavy atom. The van der Waals surface area contributed by atoms with E-state index in [1.807, 2.05) is 25.1 Å². The minimum atomic E-state index is -0.639. The number of aryl methyl sites for hydroxylation is 1. The molecule has 15 heavy (non-hydrogen) atoms. The summed E-state index contributed by atoms with van der Waals surface area (Å²) in [5.41, 5.74) is 6.30. The Kier molecular flexibility index (Phi) is 2.32. The fraction of sp³-hybridized carbons (Fsp3) is 0.100. The van der Waals surface area contributed by atoms with E-state index >= 15 is 0 Å². The van der Waals surface area contributed by atoms with Crippen molar-refractivity contribution in [3.05, 3.63) is 30.0 Å². The monoisotopic (exact) mass is 222 g/mol. The fourth-order valence-corrected chi connectivity index (χ4v) is 1.62. The first-order chi connectivity index (χ1) is 7.09. The van der Waals surface area contributed by atoms with Gasteiger partial charge in [0.2, 0.25) is 0 Å². The second-order valence-corrected chi connectivity index (χ2v) is 3.60. The minimum Gasteiger partial charge on any atom is -0.459 e. The molecular formula is C10H10N2O2S. The van der Waals surface area contributed by atoms with E-state index in [0.29, 0.717) is 11.3 Å². The molecule has 0 radical (unpaired) electrons. The number of benzene rings is 1. The van der Waals surface area contributed by atoms with Crippen molar-refractivity contribution < 1.29 is 9.21 Å². The Morgan fingerprint density at radius 3 is 2.93 bits per heavy atom. The predicted octanol–water partition coefficient (Wildman–Crippen LogP) is 2.47. The SMILES string of the molecule is Cc1cc2cccc(N(S)C(N)=O)c2o1. The Labute approximate surface area is 92.2 Å². The third-order valence-corrected chi connectivity index (χ3v) is 2.50. The number of nitrogens with two attached hydrogens (primary N) is 1. The molecule has 0 aliphatic rings. The molecule has 1 heterocycles. The van der Waals surface area contributed by atoms with Crippen LogP contribution in [0.2, 0.25) is 0 Å². The average molecular weight is 222 g/mol. The van der Waals surface area contributed by atoms with Gasteiger partial charge in [0.15, 0.2) is 5.58 Å². The van der Waals surface area contributed by atoms with E-state index in [1.165, 1.54) is 0 Å². The van der Waals surface area contributed by atoms with Crippen molar-refractivity contribution >= 4 is 35.5 Å². The molecular weight excluding hydrogens is 212 g/mol. The van der Waals surface area contributed by atoms with Crippen molar-refractivity contribution in [3.63, 3.8) is 0 Å². The van der Waals surface area contributed by atoms with Crippen molar-refractivity contribution in [2.45, 2.75) is 6.92 Å². The van der Waals surface area contributed by atoms with Crippen LogP contribution >= 0.6 is 12.8 Å². The number of anilines is 1. The number of thiol groups is 1. The van der Waals surface area contributed by atoms with E-state index in [9.17, 15) is 4.79 Å². The summed E-state index contributed by atoms with van der Waals surface area (Å²) in [6, 6.07) is 6.70. The van der Waals surface area contributed by atoms with Crippen LogP contribution in [-0.4, -0.2) is 6.03 Å². The largest absolute Gasteiger partial charge is 0.459 e. The highest BCUT2D eigenvalue weighted by Gasteiger charge is 2.14. The predicted molar refractivity (Wildman–Crippen MR) is 62.0 cm³/mol. The maximum absolute atomic E-state index is 11.0. The quantitative estimate of drug-likeness (QED) is 0.728. The van der Waals surface area contributed by atoms with Crippen LogP contribution in [-0.2, 0) is 0 Å². The summed E-state index contributed by atoms with van der Waals surface area (Å²) in [4.78, 5) is 11.0. The van der Waals surface area contributed by atoms with E-state index in [2.05, 4.69) is 12.8 Å². The van der Waals surface area contributed by atoms with Crippen molar-refractivity contribution in [1.29, 1.82) is 0 Å². The number of hydrogen-bond donors (Lipinski definition) is 2. The number of para-hydroxylation sites is 1. The first kappa shape index (κ1) is 9.92. The second-order valence-electron chi connectivity index (χ2n) is 3.20. The molecule has 0 aliphatic heterocycles. The molecule has 0 fully saturated rings. The van der Waals surface area contributed by atoms with Gasteiger partial charge in [-0.05, 0) is 19.1 Å². The molecule has 5 heteroatoms. The summed E-state index contributed by atoms with van der Waals surface area (Å²) in [7, 11) is 0. The molecule has 0 unspecified atom stereocenters. The lowest BCUT2D eigenvalue weighted by Gasteiger charge is -2.12. The number of fused-ring (bicyclic) bond motifs is 1. The fourth-order valence-electron chi connectivity index (χ4n) is 1.46. The number of carbonyl (C=O) groups is 1. The van der Waals surface area contributed by atoms with Gasteiger partial charge in [0, 0.05) is 5.39 Å². The third kappa shape index (κ3) is 1.66. The molecule has 0 aliphatic carbocycles. The van der Waals surface area contributed by atoms with Gasteiger partial charge in [-0.3, -0.25) is 0 Å². The van der Waals surface area contributed by atoms with Crippen LogP contribution in [0.25, 0.3) is 11.0 Å². The van der Waals surface area contributed by atoms with Gasteiger partial charge >= 0.3 is 6.03 Å². The van der Waals surface area contributed by atoms with Gasteiger partial charge in [0.05, 0.1) is 0 Å². The molecule has 2 N–H and O–H groups in total. The zero-order valence-corrected chi connectivity index (χ0v) is 8.99. The average Bonchev–Trinajstić information content (AvgIpc) is 2.56. The smallest absolute Gasteiger partial charge is 0.329 e. The maximum Gasteiger partial charge on any atom is 0.329 e. The number of furan rings is 1. The van der Waals surface area contributed by atoms with Gasteiger partial charge in [-0.1, -0.05) is 24.9 Å². The number of urea groups is 1. The summed E-state index contributed by atoms with van der Waals surface area (Å²) in [6.07, 6.45) is 0. The number of hydrogen-bond acceptors (Lipinski definition) is 3. The van der Waals surface area contributed by atoms with Crippen molar-refractivity contribution in [3.8, 4) is 0 Å². The Hall–Kier alpha value is -1.62. The van der Waals surface area contributed by atoms with E-state index < -0.39 is 6.03 Å². The van der Waals surface area contributed by atoms with E-state index in [1.54, 1.807) is 6.07 Å². The van der Waals surface area contributed by atoms with Crippen LogP contribution in [0.5, 0.6) is 0 Å². The molecule has 78 valence electrons. The lowest BCUT2D eigenvalue weighted by Crippen LogP contribution is -2.27. The Balaban J connectivity index is 2.64. The van der Waals surface area contributed by atoms with Crippen molar-refractivity contribution in [1.82, 2.24) is 0 Å². The minimum absolute atomic E-state index is 0.552. The maximum atomic E-state index is 11.0. The van der Waals surface area contributed by atoms with Crippen molar-refractivity contribution in [2.24, 2.45) is 5.73 Å². The van der Waals surface area contributed by atoms with Crippen LogP contribution in [0.3, 0.4) is 0 Å². The second kappa shape index (κ2) is 3.51. The van der Waals surface area contributed by atoms with Gasteiger partial charge in [0.25, 0.3) is 0 Å². The van der Waals surface area contributed by atoms with E-state index in [-0.39, 0.29) is 0 Å². The van der Waals surface area contributed by atoms with E-state index in [0.717, 1.165) is 15.5 Å². The number of primary amides is 1. The topological polar surface area (TPSA) is 59.5 Å². The molecule has 0 atom stereocenters. The van der Waals surface area contributed by atoms with Crippen LogP contribution in [0.4, 0.5) is 10.5 Å². The third-order valence-electron chi connectivity index (χ3n) is 2.08. The molecule has 2 amide bonds. The van der Waals surface area contributed by atoms with Crippen molar-refractivity contribution in [2.75, 3.05) is 4.31 Å². The van der Waals surface area contributed by atoms with Crippen LogP contribution in [0, 0.1) is 6.92 Å². The first-order valence-electron chi connectivity index (χ1n) is 4.37. The standard InChI is InChI=1S/C10H10N2O2S/c1-6-5-7-3-2-4-8(9(7)14-6)12(15)10(11)13/h2-5,15H,1H3,(H2,11,13). The summed E-state index contributed by atoms with van der Waals surface area (Å²) >= 11 is 4.00. The highest BCUT2D eigenvalue weighted by Crippen LogP contribution is 2.30. The molecule has 1 aromatic heterocycles. The molecule has 0 bridgehead atoms. The summed E-state index contributed by atoms with van der Waals surface area (Å²) < 4.78 is 6.53. The Bertz CT molecular complexity index is 521. The van der Waals surface area contributed by atoms with Gasteiger partial charge in [-0.2, -0.15) is 0 Å². The number of rotatable bonds is 1. The summed E-state index contributed by atoms with van der Waals surface area (Å²) in [6.45, 7) is 1.84. The summed E-state index contributed by atoms with van der Waals surface area (Å²) in [5.74, 6) is 0.781. The molecule has 0 saturated heterocycles. The summed E-state index contributed by atoms with van der Waals surface area (Å²) in [5, 5.41) is 0.922. The zero-order valence-electron chi connectivity index (χ0n) is 8.10.